The SMILES string of the molecule is Cc1cc(N2CC[C@@H](Sc3ccnc4ccccc34)C2=O)n(C)n1. The molecule has 5 nitrogen and oxygen atoms in total. The molecule has 0 aliphatic carbocycles. The van der Waals surface area contributed by atoms with E-state index < -0.39 is 0 Å². The molecule has 0 saturated carbocycles. The second-order valence-electron chi connectivity index (χ2n) is 5.98. The number of hydrogen-bond acceptors (Lipinski definition) is 4. The highest BCUT2D eigenvalue weighted by Crippen LogP contribution is 2.36. The summed E-state index contributed by atoms with van der Waals surface area (Å²) in [6, 6.07) is 12.0. The summed E-state index contributed by atoms with van der Waals surface area (Å²) in [5.74, 6) is 1.03. The minimum atomic E-state index is -0.0639. The highest BCUT2D eigenvalue weighted by molar-refractivity contribution is 8.00. The van der Waals surface area contributed by atoms with Crippen LogP contribution in [0, 0.1) is 6.92 Å². The lowest BCUT2D eigenvalue weighted by atomic mass is 10.2. The number of aromatic nitrogens is 3. The first-order valence-electron chi connectivity index (χ1n) is 7.96. The van der Waals surface area contributed by atoms with Crippen molar-refractivity contribution in [3.63, 3.8) is 0 Å². The minimum Gasteiger partial charge on any atom is -0.296 e. The Labute approximate surface area is 144 Å². The van der Waals surface area contributed by atoms with Crippen molar-refractivity contribution in [2.75, 3.05) is 11.4 Å². The van der Waals surface area contributed by atoms with Crippen molar-refractivity contribution in [1.29, 1.82) is 0 Å². The quantitative estimate of drug-likeness (QED) is 0.736. The number of carbonyl (C=O) groups excluding carboxylic acids is 1. The molecular formula is C18H18N4OS. The summed E-state index contributed by atoms with van der Waals surface area (Å²) >= 11 is 1.64. The van der Waals surface area contributed by atoms with Crippen LogP contribution < -0.4 is 4.90 Å². The van der Waals surface area contributed by atoms with Crippen LogP contribution in [0.4, 0.5) is 5.82 Å². The van der Waals surface area contributed by atoms with Gasteiger partial charge in [0.15, 0.2) is 0 Å². The molecule has 0 radical (unpaired) electrons. The Morgan fingerprint density at radius 3 is 2.88 bits per heavy atom. The average Bonchev–Trinajstić information content (AvgIpc) is 3.10. The molecule has 1 saturated heterocycles. The molecule has 1 aromatic carbocycles. The Kier molecular flexibility index (Phi) is 3.76. The number of benzene rings is 1. The van der Waals surface area contributed by atoms with Gasteiger partial charge in [-0.3, -0.25) is 19.4 Å². The van der Waals surface area contributed by atoms with E-state index in [1.165, 1.54) is 0 Å². The maximum atomic E-state index is 12.9. The number of anilines is 1. The third kappa shape index (κ3) is 2.57. The molecular weight excluding hydrogens is 320 g/mol. The standard InChI is InChI=1S/C18H18N4OS/c1-12-11-17(21(2)20-12)22-10-8-16(18(22)23)24-15-7-9-19-14-6-4-3-5-13(14)15/h3-7,9,11,16H,8,10H2,1-2H3/t16-/m1/s1. The molecule has 1 aliphatic rings. The van der Waals surface area contributed by atoms with Crippen LogP contribution in [0.5, 0.6) is 0 Å². The second-order valence-corrected chi connectivity index (χ2v) is 7.22. The molecule has 4 rings (SSSR count). The summed E-state index contributed by atoms with van der Waals surface area (Å²) in [5, 5.41) is 5.39. The third-order valence-electron chi connectivity index (χ3n) is 4.29. The van der Waals surface area contributed by atoms with Crippen molar-refractivity contribution < 1.29 is 4.79 Å². The normalized spacial score (nSPS) is 17.8. The molecule has 1 aliphatic heterocycles. The van der Waals surface area contributed by atoms with Crippen molar-refractivity contribution in [2.45, 2.75) is 23.5 Å². The summed E-state index contributed by atoms with van der Waals surface area (Å²) in [6.07, 6.45) is 2.65. The van der Waals surface area contributed by atoms with Gasteiger partial charge >= 0.3 is 0 Å². The molecule has 122 valence electrons. The molecule has 6 heteroatoms. The van der Waals surface area contributed by atoms with Gasteiger partial charge in [-0.15, -0.1) is 11.8 Å². The van der Waals surface area contributed by atoms with Crippen molar-refractivity contribution in [2.24, 2.45) is 7.05 Å². The van der Waals surface area contributed by atoms with E-state index in [-0.39, 0.29) is 11.2 Å². The largest absolute Gasteiger partial charge is 0.296 e. The summed E-state index contributed by atoms with van der Waals surface area (Å²) in [6.45, 7) is 2.68. The topological polar surface area (TPSA) is 51.0 Å². The molecule has 2 aromatic heterocycles. The van der Waals surface area contributed by atoms with Crippen LogP contribution in [0.1, 0.15) is 12.1 Å². The predicted molar refractivity (Wildman–Crippen MR) is 96.3 cm³/mol. The fraction of sp³-hybridized carbons (Fsp3) is 0.278. The number of fused-ring (bicyclic) bond motifs is 1. The molecule has 0 bridgehead atoms. The number of aryl methyl sites for hydroxylation is 2. The molecule has 3 aromatic rings. The van der Waals surface area contributed by atoms with E-state index in [1.807, 2.05) is 55.4 Å². The molecule has 24 heavy (non-hydrogen) atoms. The second kappa shape index (κ2) is 5.94. The number of amides is 1. The highest BCUT2D eigenvalue weighted by Gasteiger charge is 2.35. The first-order chi connectivity index (χ1) is 11.6. The van der Waals surface area contributed by atoms with Crippen molar-refractivity contribution in [3.05, 3.63) is 48.3 Å². The van der Waals surface area contributed by atoms with E-state index in [0.29, 0.717) is 0 Å². The van der Waals surface area contributed by atoms with E-state index in [1.54, 1.807) is 16.4 Å². The fourth-order valence-electron chi connectivity index (χ4n) is 3.17. The Hall–Kier alpha value is -2.34. The zero-order valence-corrected chi connectivity index (χ0v) is 14.5. The van der Waals surface area contributed by atoms with Gasteiger partial charge in [-0.2, -0.15) is 5.10 Å². The molecule has 0 N–H and O–H groups in total. The number of rotatable bonds is 3. The van der Waals surface area contributed by atoms with Crippen LogP contribution in [-0.4, -0.2) is 32.5 Å². The van der Waals surface area contributed by atoms with E-state index >= 15 is 0 Å². The van der Waals surface area contributed by atoms with E-state index in [4.69, 9.17) is 0 Å². The number of para-hydroxylation sites is 1. The van der Waals surface area contributed by atoms with E-state index in [0.717, 1.165) is 40.3 Å². The van der Waals surface area contributed by atoms with Crippen molar-refractivity contribution >= 4 is 34.4 Å². The van der Waals surface area contributed by atoms with Crippen LogP contribution in [0.2, 0.25) is 0 Å². The highest BCUT2D eigenvalue weighted by atomic mass is 32.2. The van der Waals surface area contributed by atoms with Crippen molar-refractivity contribution in [3.8, 4) is 0 Å². The van der Waals surface area contributed by atoms with Gasteiger partial charge in [0.05, 0.1) is 16.5 Å². The summed E-state index contributed by atoms with van der Waals surface area (Å²) in [5.41, 5.74) is 1.89. The number of nitrogens with zero attached hydrogens (tertiary/aromatic N) is 4. The zero-order chi connectivity index (χ0) is 16.7. The summed E-state index contributed by atoms with van der Waals surface area (Å²) in [4.78, 5) is 20.2. The summed E-state index contributed by atoms with van der Waals surface area (Å²) in [7, 11) is 1.88. The zero-order valence-electron chi connectivity index (χ0n) is 13.6. The van der Waals surface area contributed by atoms with Gasteiger partial charge in [0.25, 0.3) is 0 Å². The fourth-order valence-corrected chi connectivity index (χ4v) is 4.36. The van der Waals surface area contributed by atoms with Gasteiger partial charge in [0.1, 0.15) is 5.82 Å². The minimum absolute atomic E-state index is 0.0639. The number of carbonyl (C=O) groups is 1. The van der Waals surface area contributed by atoms with E-state index in [2.05, 4.69) is 16.1 Å². The Morgan fingerprint density at radius 2 is 2.08 bits per heavy atom. The number of hydrogen-bond donors (Lipinski definition) is 0. The van der Waals surface area contributed by atoms with Crippen molar-refractivity contribution in [1.82, 2.24) is 14.8 Å². The number of thioether (sulfide) groups is 1. The lowest BCUT2D eigenvalue weighted by Gasteiger charge is -2.16. The third-order valence-corrected chi connectivity index (χ3v) is 5.62. The van der Waals surface area contributed by atoms with Gasteiger partial charge in [0, 0.05) is 36.1 Å². The lowest BCUT2D eigenvalue weighted by Crippen LogP contribution is -2.29. The lowest BCUT2D eigenvalue weighted by molar-refractivity contribution is -0.116. The van der Waals surface area contributed by atoms with Crippen LogP contribution in [0.25, 0.3) is 10.9 Å². The maximum absolute atomic E-state index is 12.9. The van der Waals surface area contributed by atoms with Gasteiger partial charge in [0.2, 0.25) is 5.91 Å². The predicted octanol–water partition coefficient (Wildman–Crippen LogP) is 3.17. The van der Waals surface area contributed by atoms with Gasteiger partial charge < -0.3 is 0 Å². The van der Waals surface area contributed by atoms with Crippen LogP contribution in [0.3, 0.4) is 0 Å². The molecule has 3 heterocycles. The molecule has 1 atom stereocenters. The molecule has 1 amide bonds. The van der Waals surface area contributed by atoms with Crippen LogP contribution >= 0.6 is 11.8 Å². The van der Waals surface area contributed by atoms with Gasteiger partial charge in [-0.25, -0.2) is 0 Å². The molecule has 1 fully saturated rings. The van der Waals surface area contributed by atoms with Gasteiger partial charge in [-0.1, -0.05) is 18.2 Å². The molecule has 0 unspecified atom stereocenters. The maximum Gasteiger partial charge on any atom is 0.241 e. The number of pyridine rings is 1. The Balaban J connectivity index is 1.60. The Morgan fingerprint density at radius 1 is 1.25 bits per heavy atom. The monoisotopic (exact) mass is 338 g/mol. The Bertz CT molecular complexity index is 915. The molecule has 0 spiro atoms. The summed E-state index contributed by atoms with van der Waals surface area (Å²) < 4.78 is 1.78. The first-order valence-corrected chi connectivity index (χ1v) is 8.84. The van der Waals surface area contributed by atoms with E-state index in [9.17, 15) is 4.79 Å². The smallest absolute Gasteiger partial charge is 0.241 e. The first kappa shape index (κ1) is 15.2. The van der Waals surface area contributed by atoms with Crippen LogP contribution in [0.15, 0.2) is 47.5 Å². The van der Waals surface area contributed by atoms with Crippen LogP contribution in [-0.2, 0) is 11.8 Å². The average molecular weight is 338 g/mol. The van der Waals surface area contributed by atoms with Gasteiger partial charge in [-0.05, 0) is 25.5 Å².